The first-order valence-corrected chi connectivity index (χ1v) is 12.2. The first kappa shape index (κ1) is 24.5. The Labute approximate surface area is 206 Å². The third kappa shape index (κ3) is 6.29. The highest BCUT2D eigenvalue weighted by atomic mass is 16.5. The minimum absolute atomic E-state index is 0.0905. The van der Waals surface area contributed by atoms with Gasteiger partial charge in [0.05, 0.1) is 12.6 Å². The normalized spacial score (nSPS) is 17.8. The molecule has 0 bridgehead atoms. The molecular formula is C28H34N4O3. The van der Waals surface area contributed by atoms with Gasteiger partial charge in [0.25, 0.3) is 0 Å². The smallest absolute Gasteiger partial charge is 0.224 e. The number of pyridine rings is 1. The van der Waals surface area contributed by atoms with Crippen LogP contribution in [0.4, 0.5) is 17.2 Å². The Morgan fingerprint density at radius 2 is 1.63 bits per heavy atom. The molecule has 2 atom stereocenters. The van der Waals surface area contributed by atoms with Gasteiger partial charge in [0, 0.05) is 48.8 Å². The van der Waals surface area contributed by atoms with E-state index in [0.29, 0.717) is 29.0 Å². The molecule has 1 fully saturated rings. The van der Waals surface area contributed by atoms with Gasteiger partial charge < -0.3 is 20.3 Å². The van der Waals surface area contributed by atoms with Crippen molar-refractivity contribution in [2.24, 2.45) is 11.8 Å². The van der Waals surface area contributed by atoms with Crippen molar-refractivity contribution in [3.63, 3.8) is 0 Å². The molecule has 7 nitrogen and oxygen atoms in total. The average Bonchev–Trinajstić information content (AvgIpc) is 2.82. The zero-order valence-electron chi connectivity index (χ0n) is 20.9. The largest absolute Gasteiger partial charge is 0.497 e. The number of fused-ring (bicyclic) bond motifs is 1. The topological polar surface area (TPSA) is 83.6 Å². The average molecular weight is 475 g/mol. The lowest BCUT2D eigenvalue weighted by atomic mass is 9.92. The first-order valence-electron chi connectivity index (χ1n) is 12.2. The van der Waals surface area contributed by atoms with Gasteiger partial charge in [-0.15, -0.1) is 0 Å². The summed E-state index contributed by atoms with van der Waals surface area (Å²) in [4.78, 5) is 32.0. The molecule has 2 N–H and O–H groups in total. The molecule has 1 aliphatic rings. The number of anilines is 3. The highest BCUT2D eigenvalue weighted by molar-refractivity contribution is 5.98. The van der Waals surface area contributed by atoms with Crippen LogP contribution in [0.1, 0.15) is 38.7 Å². The number of rotatable bonds is 7. The number of carbonyl (C=O) groups is 2. The Balaban J connectivity index is 1.37. The van der Waals surface area contributed by atoms with Crippen molar-refractivity contribution in [2.45, 2.75) is 40.0 Å². The lowest BCUT2D eigenvalue weighted by molar-refractivity contribution is -0.121. The van der Waals surface area contributed by atoms with E-state index in [0.717, 1.165) is 35.4 Å². The molecule has 2 heterocycles. The van der Waals surface area contributed by atoms with Gasteiger partial charge in [0.2, 0.25) is 11.8 Å². The van der Waals surface area contributed by atoms with E-state index in [2.05, 4.69) is 42.4 Å². The molecule has 7 heteroatoms. The highest BCUT2D eigenvalue weighted by Crippen LogP contribution is 2.29. The van der Waals surface area contributed by atoms with Gasteiger partial charge in [0.1, 0.15) is 11.6 Å². The Morgan fingerprint density at radius 3 is 2.29 bits per heavy atom. The summed E-state index contributed by atoms with van der Waals surface area (Å²) in [5.41, 5.74) is 3.39. The molecular weight excluding hydrogens is 440 g/mol. The molecule has 3 aromatic rings. The van der Waals surface area contributed by atoms with Gasteiger partial charge in [-0.1, -0.05) is 19.9 Å². The molecule has 1 aromatic heterocycles. The number of nitrogens with zero attached hydrogens (tertiary/aromatic N) is 2. The van der Waals surface area contributed by atoms with Crippen molar-refractivity contribution in [2.75, 3.05) is 35.7 Å². The summed E-state index contributed by atoms with van der Waals surface area (Å²) in [6, 6.07) is 15.0. The third-order valence-electron chi connectivity index (χ3n) is 6.41. The molecule has 35 heavy (non-hydrogen) atoms. The lowest BCUT2D eigenvalue weighted by Crippen LogP contribution is -2.39. The lowest BCUT2D eigenvalue weighted by Gasteiger charge is -2.36. The third-order valence-corrected chi connectivity index (χ3v) is 6.41. The van der Waals surface area contributed by atoms with E-state index >= 15 is 0 Å². The number of hydrogen-bond donors (Lipinski definition) is 2. The van der Waals surface area contributed by atoms with E-state index in [1.165, 1.54) is 6.42 Å². The maximum absolute atomic E-state index is 12.5. The second kappa shape index (κ2) is 10.8. The number of piperidine rings is 1. The van der Waals surface area contributed by atoms with Crippen LogP contribution in [0, 0.1) is 18.8 Å². The van der Waals surface area contributed by atoms with E-state index in [9.17, 15) is 9.59 Å². The summed E-state index contributed by atoms with van der Waals surface area (Å²) in [6.07, 6.45) is 1.44. The summed E-state index contributed by atoms with van der Waals surface area (Å²) >= 11 is 0. The molecule has 0 radical (unpaired) electrons. The summed E-state index contributed by atoms with van der Waals surface area (Å²) < 4.78 is 5.16. The summed E-state index contributed by atoms with van der Waals surface area (Å²) in [7, 11) is 1.57. The van der Waals surface area contributed by atoms with Crippen LogP contribution in [0.15, 0.2) is 48.5 Å². The van der Waals surface area contributed by atoms with Gasteiger partial charge in [-0.25, -0.2) is 4.98 Å². The molecule has 0 spiro atoms. The quantitative estimate of drug-likeness (QED) is 0.480. The van der Waals surface area contributed by atoms with Crippen LogP contribution in [0.2, 0.25) is 0 Å². The second-order valence-electron chi connectivity index (χ2n) is 9.71. The highest BCUT2D eigenvalue weighted by Gasteiger charge is 2.23. The van der Waals surface area contributed by atoms with Crippen LogP contribution < -0.4 is 20.3 Å². The van der Waals surface area contributed by atoms with E-state index < -0.39 is 0 Å². The fraction of sp³-hybridized carbons (Fsp3) is 0.393. The zero-order chi connectivity index (χ0) is 24.9. The summed E-state index contributed by atoms with van der Waals surface area (Å²) in [6.45, 7) is 8.74. The fourth-order valence-corrected chi connectivity index (χ4v) is 4.84. The Bertz CT molecular complexity index is 1220. The van der Waals surface area contributed by atoms with Crippen molar-refractivity contribution in [3.8, 4) is 5.75 Å². The SMILES string of the molecule is COc1cccc(NC(=O)CCC(=O)Nc2ccc3nc(N4CC(C)CC(C)C4)cc(C)c3c2)c1. The number of ether oxygens (including phenoxy) is 1. The predicted octanol–water partition coefficient (Wildman–Crippen LogP) is 5.39. The van der Waals surface area contributed by atoms with Gasteiger partial charge in [-0.3, -0.25) is 9.59 Å². The Hall–Kier alpha value is -3.61. The van der Waals surface area contributed by atoms with E-state index in [1.807, 2.05) is 18.2 Å². The Kier molecular flexibility index (Phi) is 7.54. The number of benzene rings is 2. The van der Waals surface area contributed by atoms with Crippen LogP contribution >= 0.6 is 0 Å². The van der Waals surface area contributed by atoms with E-state index in [1.54, 1.807) is 31.4 Å². The second-order valence-corrected chi connectivity index (χ2v) is 9.71. The molecule has 2 aromatic carbocycles. The monoisotopic (exact) mass is 474 g/mol. The molecule has 1 aliphatic heterocycles. The number of aromatic nitrogens is 1. The minimum Gasteiger partial charge on any atom is -0.497 e. The van der Waals surface area contributed by atoms with Crippen LogP contribution in [-0.4, -0.2) is 37.0 Å². The number of aryl methyl sites for hydroxylation is 1. The fourth-order valence-electron chi connectivity index (χ4n) is 4.84. The maximum Gasteiger partial charge on any atom is 0.224 e. The number of carbonyl (C=O) groups excluding carboxylic acids is 2. The molecule has 184 valence electrons. The molecule has 0 saturated carbocycles. The van der Waals surface area contributed by atoms with Crippen LogP contribution in [0.25, 0.3) is 10.9 Å². The van der Waals surface area contributed by atoms with Crippen LogP contribution in [0.5, 0.6) is 5.75 Å². The van der Waals surface area contributed by atoms with E-state index in [-0.39, 0.29) is 24.7 Å². The van der Waals surface area contributed by atoms with Gasteiger partial charge in [-0.2, -0.15) is 0 Å². The van der Waals surface area contributed by atoms with Crippen LogP contribution in [0.3, 0.4) is 0 Å². The number of amides is 2. The summed E-state index contributed by atoms with van der Waals surface area (Å²) in [5.74, 6) is 2.57. The number of methoxy groups -OCH3 is 1. The minimum atomic E-state index is -0.221. The van der Waals surface area contributed by atoms with Crippen molar-refractivity contribution < 1.29 is 14.3 Å². The van der Waals surface area contributed by atoms with Crippen LogP contribution in [-0.2, 0) is 9.59 Å². The zero-order valence-corrected chi connectivity index (χ0v) is 20.9. The molecule has 2 amide bonds. The first-order chi connectivity index (χ1) is 16.8. The molecule has 0 aliphatic carbocycles. The van der Waals surface area contributed by atoms with Gasteiger partial charge >= 0.3 is 0 Å². The molecule has 1 saturated heterocycles. The van der Waals surface area contributed by atoms with E-state index in [4.69, 9.17) is 9.72 Å². The van der Waals surface area contributed by atoms with Gasteiger partial charge in [-0.05, 0) is 67.1 Å². The number of nitrogens with one attached hydrogen (secondary N) is 2. The van der Waals surface area contributed by atoms with Crippen molar-refractivity contribution >= 4 is 39.9 Å². The Morgan fingerprint density at radius 1 is 0.971 bits per heavy atom. The van der Waals surface area contributed by atoms with Gasteiger partial charge in [0.15, 0.2) is 0 Å². The standard InChI is InChI=1S/C28H34N4O3/c1-18-12-19(2)17-32(16-18)26-13-20(3)24-15-22(8-9-25(24)31-26)30-28(34)11-10-27(33)29-21-6-5-7-23(14-21)35-4/h5-9,13-15,18-19H,10-12,16-17H2,1-4H3,(H,29,33)(H,30,34). The van der Waals surface area contributed by atoms with Crippen molar-refractivity contribution in [1.82, 2.24) is 4.98 Å². The molecule has 2 unspecified atom stereocenters. The van der Waals surface area contributed by atoms with Crippen molar-refractivity contribution in [1.29, 1.82) is 0 Å². The molecule has 4 rings (SSSR count). The summed E-state index contributed by atoms with van der Waals surface area (Å²) in [5, 5.41) is 6.72. The maximum atomic E-state index is 12.5. The predicted molar refractivity (Wildman–Crippen MR) is 141 cm³/mol. The van der Waals surface area contributed by atoms with Crippen molar-refractivity contribution in [3.05, 3.63) is 54.1 Å². The number of hydrogen-bond acceptors (Lipinski definition) is 5.